The molecule has 1 fully saturated rings. The Balaban J connectivity index is 2.23. The SMILES string of the molecule is CC(CNC(C)C(C)(C)C)N(C)C1CC1. The third-order valence-electron chi connectivity index (χ3n) is 3.84. The lowest BCUT2D eigenvalue weighted by molar-refractivity contribution is 0.213. The second-order valence-electron chi connectivity index (χ2n) is 6.24. The first-order chi connectivity index (χ1) is 6.82. The predicted octanol–water partition coefficient (Wildman–Crippen LogP) is 2.49. The minimum Gasteiger partial charge on any atom is -0.312 e. The summed E-state index contributed by atoms with van der Waals surface area (Å²) in [4.78, 5) is 2.52. The van der Waals surface area contributed by atoms with Crippen LogP contribution < -0.4 is 5.32 Å². The van der Waals surface area contributed by atoms with Gasteiger partial charge in [-0.15, -0.1) is 0 Å². The van der Waals surface area contributed by atoms with Crippen molar-refractivity contribution < 1.29 is 0 Å². The number of rotatable bonds is 5. The van der Waals surface area contributed by atoms with E-state index in [4.69, 9.17) is 0 Å². The molecule has 0 amide bonds. The van der Waals surface area contributed by atoms with E-state index in [1.54, 1.807) is 0 Å². The van der Waals surface area contributed by atoms with Crippen LogP contribution in [-0.4, -0.2) is 36.6 Å². The molecular weight excluding hydrogens is 184 g/mol. The van der Waals surface area contributed by atoms with Crippen LogP contribution in [0.25, 0.3) is 0 Å². The van der Waals surface area contributed by atoms with Crippen LogP contribution >= 0.6 is 0 Å². The number of hydrogen-bond acceptors (Lipinski definition) is 2. The van der Waals surface area contributed by atoms with E-state index in [1.807, 2.05) is 0 Å². The van der Waals surface area contributed by atoms with E-state index in [2.05, 4.69) is 51.9 Å². The van der Waals surface area contributed by atoms with E-state index in [9.17, 15) is 0 Å². The third-order valence-corrected chi connectivity index (χ3v) is 3.84. The molecule has 0 radical (unpaired) electrons. The van der Waals surface area contributed by atoms with Gasteiger partial charge in [-0.2, -0.15) is 0 Å². The van der Waals surface area contributed by atoms with Gasteiger partial charge in [-0.25, -0.2) is 0 Å². The maximum Gasteiger partial charge on any atom is 0.0192 e. The zero-order valence-electron chi connectivity index (χ0n) is 11.3. The zero-order valence-corrected chi connectivity index (χ0v) is 11.3. The van der Waals surface area contributed by atoms with Crippen LogP contribution in [0.4, 0.5) is 0 Å². The van der Waals surface area contributed by atoms with Crippen molar-refractivity contribution in [2.24, 2.45) is 5.41 Å². The zero-order chi connectivity index (χ0) is 11.6. The van der Waals surface area contributed by atoms with Crippen molar-refractivity contribution in [3.8, 4) is 0 Å². The van der Waals surface area contributed by atoms with E-state index in [1.165, 1.54) is 12.8 Å². The molecule has 1 N–H and O–H groups in total. The van der Waals surface area contributed by atoms with Gasteiger partial charge in [0.25, 0.3) is 0 Å². The average Bonchev–Trinajstić information content (AvgIpc) is 2.93. The van der Waals surface area contributed by atoms with E-state index < -0.39 is 0 Å². The molecule has 1 aliphatic rings. The highest BCUT2D eigenvalue weighted by atomic mass is 15.2. The van der Waals surface area contributed by atoms with Gasteiger partial charge in [0.2, 0.25) is 0 Å². The Labute approximate surface area is 95.4 Å². The molecule has 1 rings (SSSR count). The Hall–Kier alpha value is -0.0800. The van der Waals surface area contributed by atoms with Crippen molar-refractivity contribution >= 4 is 0 Å². The largest absolute Gasteiger partial charge is 0.312 e. The topological polar surface area (TPSA) is 15.3 Å². The Morgan fingerprint density at radius 2 is 1.80 bits per heavy atom. The molecular formula is C13H28N2. The smallest absolute Gasteiger partial charge is 0.0192 e. The van der Waals surface area contributed by atoms with Crippen molar-refractivity contribution in [2.45, 2.75) is 65.6 Å². The lowest BCUT2D eigenvalue weighted by Crippen LogP contribution is -2.45. The number of nitrogens with zero attached hydrogens (tertiary/aromatic N) is 1. The molecule has 15 heavy (non-hydrogen) atoms. The molecule has 0 heterocycles. The lowest BCUT2D eigenvalue weighted by atomic mass is 9.88. The second-order valence-corrected chi connectivity index (χ2v) is 6.24. The molecule has 1 aliphatic carbocycles. The Bertz CT molecular complexity index is 191. The molecule has 0 aromatic rings. The molecule has 1 saturated carbocycles. The monoisotopic (exact) mass is 212 g/mol. The maximum atomic E-state index is 3.64. The van der Waals surface area contributed by atoms with Crippen molar-refractivity contribution in [2.75, 3.05) is 13.6 Å². The van der Waals surface area contributed by atoms with Crippen molar-refractivity contribution in [1.29, 1.82) is 0 Å². The summed E-state index contributed by atoms with van der Waals surface area (Å²) in [5, 5.41) is 3.64. The van der Waals surface area contributed by atoms with Gasteiger partial charge >= 0.3 is 0 Å². The highest BCUT2D eigenvalue weighted by Gasteiger charge is 2.29. The second kappa shape index (κ2) is 4.84. The molecule has 2 nitrogen and oxygen atoms in total. The third kappa shape index (κ3) is 4.12. The normalized spacial score (nSPS) is 21.8. The summed E-state index contributed by atoms with van der Waals surface area (Å²) in [5.74, 6) is 0. The Morgan fingerprint density at radius 3 is 2.20 bits per heavy atom. The summed E-state index contributed by atoms with van der Waals surface area (Å²) < 4.78 is 0. The van der Waals surface area contributed by atoms with Crippen LogP contribution in [0.3, 0.4) is 0 Å². The van der Waals surface area contributed by atoms with Gasteiger partial charge < -0.3 is 5.32 Å². The standard InChI is InChI=1S/C13H28N2/c1-10(15(6)12-7-8-12)9-14-11(2)13(3,4)5/h10-12,14H,7-9H2,1-6H3. The van der Waals surface area contributed by atoms with Crippen LogP contribution in [0.5, 0.6) is 0 Å². The first-order valence-corrected chi connectivity index (χ1v) is 6.27. The maximum absolute atomic E-state index is 3.64. The molecule has 0 aliphatic heterocycles. The van der Waals surface area contributed by atoms with Crippen LogP contribution in [0.2, 0.25) is 0 Å². The van der Waals surface area contributed by atoms with E-state index >= 15 is 0 Å². The highest BCUT2D eigenvalue weighted by Crippen LogP contribution is 2.27. The molecule has 0 saturated heterocycles. The minimum absolute atomic E-state index is 0.359. The van der Waals surface area contributed by atoms with Gasteiger partial charge in [-0.1, -0.05) is 20.8 Å². The lowest BCUT2D eigenvalue weighted by Gasteiger charge is -2.32. The van der Waals surface area contributed by atoms with E-state index in [0.717, 1.165) is 12.6 Å². The quantitative estimate of drug-likeness (QED) is 0.753. The van der Waals surface area contributed by atoms with Crippen molar-refractivity contribution in [3.05, 3.63) is 0 Å². The molecule has 2 unspecified atom stereocenters. The summed E-state index contributed by atoms with van der Waals surface area (Å²) >= 11 is 0. The molecule has 0 aromatic heterocycles. The Kier molecular flexibility index (Phi) is 4.19. The summed E-state index contributed by atoms with van der Waals surface area (Å²) in [6.45, 7) is 12.6. The van der Waals surface area contributed by atoms with E-state index in [0.29, 0.717) is 17.5 Å². The molecule has 0 spiro atoms. The van der Waals surface area contributed by atoms with Gasteiger partial charge in [0, 0.05) is 24.7 Å². The van der Waals surface area contributed by atoms with E-state index in [-0.39, 0.29) is 0 Å². The molecule has 2 atom stereocenters. The van der Waals surface area contributed by atoms with Crippen LogP contribution in [0.1, 0.15) is 47.5 Å². The van der Waals surface area contributed by atoms with Gasteiger partial charge in [-0.05, 0) is 39.2 Å². The van der Waals surface area contributed by atoms with Gasteiger partial charge in [0.05, 0.1) is 0 Å². The molecule has 0 bridgehead atoms. The first-order valence-electron chi connectivity index (χ1n) is 6.27. The predicted molar refractivity (Wildman–Crippen MR) is 67.2 cm³/mol. The summed E-state index contributed by atoms with van der Waals surface area (Å²) in [6, 6.07) is 2.10. The summed E-state index contributed by atoms with van der Waals surface area (Å²) in [5.41, 5.74) is 0.359. The fourth-order valence-corrected chi connectivity index (χ4v) is 1.64. The summed E-state index contributed by atoms with van der Waals surface area (Å²) in [6.07, 6.45) is 2.80. The number of nitrogens with one attached hydrogen (secondary N) is 1. The van der Waals surface area contributed by atoms with Crippen LogP contribution in [-0.2, 0) is 0 Å². The van der Waals surface area contributed by atoms with Crippen molar-refractivity contribution in [3.63, 3.8) is 0 Å². The van der Waals surface area contributed by atoms with Gasteiger partial charge in [-0.3, -0.25) is 4.90 Å². The number of likely N-dealkylation sites (N-methyl/N-ethyl adjacent to an activating group) is 1. The highest BCUT2D eigenvalue weighted by molar-refractivity contribution is 4.86. The average molecular weight is 212 g/mol. The Morgan fingerprint density at radius 1 is 1.27 bits per heavy atom. The molecule has 0 aromatic carbocycles. The fraction of sp³-hybridized carbons (Fsp3) is 1.00. The first kappa shape index (κ1) is 13.0. The molecule has 2 heteroatoms. The summed E-state index contributed by atoms with van der Waals surface area (Å²) in [7, 11) is 2.26. The fourth-order valence-electron chi connectivity index (χ4n) is 1.64. The number of hydrogen-bond donors (Lipinski definition) is 1. The van der Waals surface area contributed by atoms with Crippen molar-refractivity contribution in [1.82, 2.24) is 10.2 Å². The van der Waals surface area contributed by atoms with Gasteiger partial charge in [0.15, 0.2) is 0 Å². The van der Waals surface area contributed by atoms with Crippen LogP contribution in [0.15, 0.2) is 0 Å². The molecule has 90 valence electrons. The van der Waals surface area contributed by atoms with Gasteiger partial charge in [0.1, 0.15) is 0 Å². The van der Waals surface area contributed by atoms with Crippen LogP contribution in [0, 0.1) is 5.41 Å². The minimum atomic E-state index is 0.359.